The summed E-state index contributed by atoms with van der Waals surface area (Å²) < 4.78 is 0. The molecule has 0 amide bonds. The molecule has 0 fully saturated rings. The fourth-order valence-electron chi connectivity index (χ4n) is 15.8. The van der Waals surface area contributed by atoms with Crippen LogP contribution in [0.4, 0.5) is 0 Å². The van der Waals surface area contributed by atoms with Crippen LogP contribution in [0, 0.1) is 0 Å². The van der Waals surface area contributed by atoms with Gasteiger partial charge in [0.05, 0.1) is 117 Å². The summed E-state index contributed by atoms with van der Waals surface area (Å²) in [5.41, 5.74) is 28.3. The molecule has 0 aliphatic carbocycles. The van der Waals surface area contributed by atoms with Gasteiger partial charge < -0.3 is 0 Å². The van der Waals surface area contributed by atoms with Gasteiger partial charge in [-0.05, 0) is 103 Å². The summed E-state index contributed by atoms with van der Waals surface area (Å²) in [6, 6.07) is 119. The second-order valence-corrected chi connectivity index (χ2v) is 28.8. The fourth-order valence-corrected chi connectivity index (χ4v) is 15.8. The Morgan fingerprint density at radius 1 is 0.123 bits per heavy atom. The van der Waals surface area contributed by atoms with Gasteiger partial charge >= 0.3 is 0 Å². The minimum atomic E-state index is 0.891. The summed E-state index contributed by atoms with van der Waals surface area (Å²) in [4.78, 5) is 59.9. The normalized spacial score (nSPS) is 11.7. The molecule has 23 rings (SSSR count). The molecule has 12 heterocycles. The molecule has 114 heavy (non-hydrogen) atoms. The molecule has 11 aromatic carbocycles. The zero-order valence-corrected chi connectivity index (χ0v) is 61.0. The molecule has 0 spiro atoms. The number of hydrogen-bond donors (Lipinski definition) is 0. The molecule has 0 aliphatic heterocycles. The second-order valence-electron chi connectivity index (χ2n) is 28.8. The number of aromatic nitrogens is 12. The topological polar surface area (TPSA) is 155 Å². The molecule has 0 bridgehead atoms. The first kappa shape index (κ1) is 65.4. The third-order valence-corrected chi connectivity index (χ3v) is 21.8. The molecule has 12 nitrogen and oxygen atoms in total. The smallest absolute Gasteiger partial charge is 0.0972 e. The summed E-state index contributed by atoms with van der Waals surface area (Å²) in [6.45, 7) is 0. The average molecular weight is 1450 g/mol. The molecule has 0 aliphatic rings. The van der Waals surface area contributed by atoms with Crippen LogP contribution in [-0.4, -0.2) is 59.8 Å². The van der Waals surface area contributed by atoms with Crippen LogP contribution in [0.25, 0.3) is 232 Å². The Labute approximate surface area is 652 Å². The van der Waals surface area contributed by atoms with Crippen LogP contribution < -0.4 is 0 Å². The number of nitrogens with zero attached hydrogens (tertiary/aromatic N) is 12. The SMILES string of the molecule is c1cc(-c2ccc3ccc(-c4ccc5ccc(-c6ccc7ccc8cccnc8c7n6)cc5n4)cc3n2)cc(-c2ccc3ccc4cccnc4c3n2)c1.c1ccc(-c2ccc3ccc4ccc(-c5ccc(-c6ccc7ccc(-c8ccc9ccc(-c%10ccc%11ccc%12cccnc%12c%11n%10)cc9n8)cc7n6)cc5)nc4c3n2)cc1. The molecule has 0 unspecified atom stereocenters. The highest BCUT2D eigenvalue weighted by Gasteiger charge is 2.17. The standard InChI is InChI=1S/C54H32N6.C48H28N6/c1-2-5-33(6-3-1)45-27-22-40-16-17-41-23-28-46(59-54(41)53(40)58-45)35-10-8-34(9-11-35)44-25-20-36-12-18-42(31-49(36)56-44)47-26-21-37-13-19-43(32-50(37)57-47)48-29-24-39-15-14-38-7-4-30-55-51(38)52(39)60-48;1-4-35(26-36(5-1)41-22-18-33-12-10-31-6-2-24-49-45(31)47(33)53-41)39-20-16-29-8-14-37(27-43(29)51-39)40-21-17-30-9-15-38(28-44(30)52-40)42-23-19-34-13-11-32-7-3-25-50-46(32)48(34)54-42/h1-32H;1-28H. The van der Waals surface area contributed by atoms with E-state index in [1.807, 2.05) is 55.0 Å². The minimum absolute atomic E-state index is 0.891. The van der Waals surface area contributed by atoms with Gasteiger partial charge in [0.2, 0.25) is 0 Å². The van der Waals surface area contributed by atoms with Gasteiger partial charge in [-0.1, -0.05) is 243 Å². The molecule has 12 heteroatoms. The van der Waals surface area contributed by atoms with Gasteiger partial charge in [0.15, 0.2) is 0 Å². The van der Waals surface area contributed by atoms with Crippen LogP contribution in [0.2, 0.25) is 0 Å². The first-order valence-electron chi connectivity index (χ1n) is 37.9. The van der Waals surface area contributed by atoms with Crippen molar-refractivity contribution in [3.05, 3.63) is 364 Å². The summed E-state index contributed by atoms with van der Waals surface area (Å²) >= 11 is 0. The van der Waals surface area contributed by atoms with Crippen molar-refractivity contribution in [2.24, 2.45) is 0 Å². The largest absolute Gasteiger partial charge is 0.254 e. The molecule has 528 valence electrons. The van der Waals surface area contributed by atoms with Crippen molar-refractivity contribution >= 4 is 131 Å². The third kappa shape index (κ3) is 12.0. The van der Waals surface area contributed by atoms with Crippen molar-refractivity contribution in [3.63, 3.8) is 0 Å². The van der Waals surface area contributed by atoms with Crippen molar-refractivity contribution < 1.29 is 0 Å². The Morgan fingerprint density at radius 2 is 0.325 bits per heavy atom. The van der Waals surface area contributed by atoms with E-state index in [4.69, 9.17) is 44.9 Å². The fraction of sp³-hybridized carbons (Fsp3) is 0. The highest BCUT2D eigenvalue weighted by atomic mass is 14.8. The summed E-state index contributed by atoms with van der Waals surface area (Å²) in [5.74, 6) is 0. The van der Waals surface area contributed by atoms with Gasteiger partial charge in [-0.15, -0.1) is 0 Å². The van der Waals surface area contributed by atoms with Crippen LogP contribution in [-0.2, 0) is 0 Å². The predicted octanol–water partition coefficient (Wildman–Crippen LogP) is 25.0. The average Bonchev–Trinajstić information content (AvgIpc) is 0.785. The predicted molar refractivity (Wildman–Crippen MR) is 465 cm³/mol. The van der Waals surface area contributed by atoms with Crippen molar-refractivity contribution in [1.29, 1.82) is 0 Å². The van der Waals surface area contributed by atoms with E-state index >= 15 is 0 Å². The first-order valence-corrected chi connectivity index (χ1v) is 37.9. The van der Waals surface area contributed by atoms with Crippen LogP contribution >= 0.6 is 0 Å². The van der Waals surface area contributed by atoms with Gasteiger partial charge in [-0.2, -0.15) is 0 Å². The number of benzene rings is 11. The van der Waals surface area contributed by atoms with Gasteiger partial charge in [-0.25, -0.2) is 44.9 Å². The van der Waals surface area contributed by atoms with E-state index in [1.165, 1.54) is 0 Å². The molecule has 0 saturated heterocycles. The van der Waals surface area contributed by atoms with Gasteiger partial charge in [0, 0.05) is 133 Å². The molecule has 12 aromatic heterocycles. The third-order valence-electron chi connectivity index (χ3n) is 21.8. The Morgan fingerprint density at radius 3 is 0.632 bits per heavy atom. The summed E-state index contributed by atoms with van der Waals surface area (Å²) in [5, 5.41) is 12.9. The van der Waals surface area contributed by atoms with E-state index in [1.54, 1.807) is 0 Å². The molecular weight excluding hydrogens is 1390 g/mol. The number of fused-ring (bicyclic) bond motifs is 16. The number of rotatable bonds is 9. The Hall–Kier alpha value is -15.7. The van der Waals surface area contributed by atoms with Crippen LogP contribution in [0.15, 0.2) is 364 Å². The lowest BCUT2D eigenvalue weighted by molar-refractivity contribution is 1.36. The zero-order valence-electron chi connectivity index (χ0n) is 61.0. The number of hydrogen-bond acceptors (Lipinski definition) is 12. The quantitative estimate of drug-likeness (QED) is 0.126. The Balaban J connectivity index is 0.000000140. The van der Waals surface area contributed by atoms with Gasteiger partial charge in [0.25, 0.3) is 0 Å². The second kappa shape index (κ2) is 27.2. The molecular formula is C102H60N12. The first-order chi connectivity index (χ1) is 56.4. The zero-order chi connectivity index (χ0) is 75.2. The van der Waals surface area contributed by atoms with Crippen molar-refractivity contribution in [2.45, 2.75) is 0 Å². The van der Waals surface area contributed by atoms with E-state index in [9.17, 15) is 0 Å². The maximum atomic E-state index is 5.16. The van der Waals surface area contributed by atoms with Crippen LogP contribution in [0.1, 0.15) is 0 Å². The Bertz CT molecular complexity index is 7890. The molecule has 23 aromatic rings. The summed E-state index contributed by atoms with van der Waals surface area (Å²) in [7, 11) is 0. The van der Waals surface area contributed by atoms with Crippen molar-refractivity contribution in [3.8, 4) is 101 Å². The lowest BCUT2D eigenvalue weighted by Gasteiger charge is -2.10. The molecule has 0 radical (unpaired) electrons. The number of pyridine rings is 12. The van der Waals surface area contributed by atoms with Gasteiger partial charge in [-0.3, -0.25) is 15.0 Å². The van der Waals surface area contributed by atoms with E-state index in [0.717, 1.165) is 232 Å². The lowest BCUT2D eigenvalue weighted by Crippen LogP contribution is -1.91. The van der Waals surface area contributed by atoms with E-state index in [-0.39, 0.29) is 0 Å². The van der Waals surface area contributed by atoms with Crippen LogP contribution in [0.3, 0.4) is 0 Å². The lowest BCUT2D eigenvalue weighted by atomic mass is 10.0. The molecule has 0 N–H and O–H groups in total. The van der Waals surface area contributed by atoms with E-state index < -0.39 is 0 Å². The Kier molecular flexibility index (Phi) is 15.6. The highest BCUT2D eigenvalue weighted by molar-refractivity contribution is 6.08. The molecule has 0 atom stereocenters. The maximum Gasteiger partial charge on any atom is 0.0972 e. The highest BCUT2D eigenvalue weighted by Crippen LogP contribution is 2.37. The minimum Gasteiger partial charge on any atom is -0.254 e. The monoisotopic (exact) mass is 1450 g/mol. The van der Waals surface area contributed by atoms with Crippen molar-refractivity contribution in [1.82, 2.24) is 59.8 Å². The van der Waals surface area contributed by atoms with Gasteiger partial charge in [0.1, 0.15) is 0 Å². The van der Waals surface area contributed by atoms with Crippen LogP contribution in [0.5, 0.6) is 0 Å². The van der Waals surface area contributed by atoms with Crippen molar-refractivity contribution in [2.75, 3.05) is 0 Å². The van der Waals surface area contributed by atoms with E-state index in [2.05, 4.69) is 324 Å². The van der Waals surface area contributed by atoms with E-state index in [0.29, 0.717) is 0 Å². The molecule has 0 saturated carbocycles. The maximum absolute atomic E-state index is 5.16. The summed E-state index contributed by atoms with van der Waals surface area (Å²) in [6.07, 6.45) is 5.47.